The van der Waals surface area contributed by atoms with Crippen molar-refractivity contribution >= 4 is 23.1 Å². The zero-order valence-corrected chi connectivity index (χ0v) is 11.4. The second kappa shape index (κ2) is 6.18. The van der Waals surface area contributed by atoms with E-state index in [1.54, 1.807) is 6.07 Å². The van der Waals surface area contributed by atoms with E-state index < -0.39 is 0 Å². The summed E-state index contributed by atoms with van der Waals surface area (Å²) in [5, 5.41) is 0. The standard InChI is InChI=1S/C13H19FN2OS/c1-2-5-17-13-9-12(11(15)8-10(13)14)16-3-6-18-7-4-16/h8-9H,2-7,15H2,1H3. The smallest absolute Gasteiger partial charge is 0.167 e. The van der Waals surface area contributed by atoms with Crippen molar-refractivity contribution < 1.29 is 9.13 Å². The number of rotatable bonds is 4. The van der Waals surface area contributed by atoms with Crippen molar-refractivity contribution in [1.29, 1.82) is 0 Å². The highest BCUT2D eigenvalue weighted by atomic mass is 32.2. The van der Waals surface area contributed by atoms with Gasteiger partial charge in [0.1, 0.15) is 0 Å². The Bertz CT molecular complexity index is 408. The predicted molar refractivity (Wildman–Crippen MR) is 76.1 cm³/mol. The quantitative estimate of drug-likeness (QED) is 0.854. The average molecular weight is 270 g/mol. The lowest BCUT2D eigenvalue weighted by Crippen LogP contribution is -2.33. The second-order valence-electron chi connectivity index (χ2n) is 4.29. The number of hydrogen-bond donors (Lipinski definition) is 1. The van der Waals surface area contributed by atoms with Gasteiger partial charge in [0, 0.05) is 36.7 Å². The van der Waals surface area contributed by atoms with E-state index in [4.69, 9.17) is 10.5 Å². The van der Waals surface area contributed by atoms with Gasteiger partial charge in [-0.3, -0.25) is 0 Å². The third-order valence-electron chi connectivity index (χ3n) is 2.89. The molecule has 1 heterocycles. The lowest BCUT2D eigenvalue weighted by atomic mass is 10.2. The number of hydrogen-bond acceptors (Lipinski definition) is 4. The van der Waals surface area contributed by atoms with Crippen LogP contribution in [-0.4, -0.2) is 31.2 Å². The van der Waals surface area contributed by atoms with E-state index >= 15 is 0 Å². The molecule has 0 aliphatic carbocycles. The molecule has 1 aromatic rings. The number of benzene rings is 1. The molecule has 0 unspecified atom stereocenters. The Hall–Kier alpha value is -1.10. The van der Waals surface area contributed by atoms with Crippen LogP contribution in [0.4, 0.5) is 15.8 Å². The van der Waals surface area contributed by atoms with Crippen LogP contribution in [0, 0.1) is 5.82 Å². The summed E-state index contributed by atoms with van der Waals surface area (Å²) in [4.78, 5) is 2.20. The van der Waals surface area contributed by atoms with Crippen molar-refractivity contribution in [3.05, 3.63) is 17.9 Å². The molecule has 2 rings (SSSR count). The number of anilines is 2. The molecule has 0 bridgehead atoms. The molecule has 5 heteroatoms. The average Bonchev–Trinajstić information content (AvgIpc) is 2.39. The SMILES string of the molecule is CCCOc1cc(N2CCSCC2)c(N)cc1F. The third-order valence-corrected chi connectivity index (χ3v) is 3.84. The van der Waals surface area contributed by atoms with Gasteiger partial charge in [-0.05, 0) is 6.42 Å². The number of nitrogens with zero attached hydrogens (tertiary/aromatic N) is 1. The fourth-order valence-electron chi connectivity index (χ4n) is 1.96. The number of thioether (sulfide) groups is 1. The molecule has 1 aliphatic rings. The van der Waals surface area contributed by atoms with Gasteiger partial charge in [0.15, 0.2) is 11.6 Å². The minimum atomic E-state index is -0.379. The van der Waals surface area contributed by atoms with Crippen LogP contribution in [0.2, 0.25) is 0 Å². The summed E-state index contributed by atoms with van der Waals surface area (Å²) in [6.07, 6.45) is 0.861. The molecule has 1 saturated heterocycles. The molecule has 0 aromatic heterocycles. The summed E-state index contributed by atoms with van der Waals surface area (Å²) in [7, 11) is 0. The molecule has 3 nitrogen and oxygen atoms in total. The van der Waals surface area contributed by atoms with Crippen LogP contribution < -0.4 is 15.4 Å². The van der Waals surface area contributed by atoms with Gasteiger partial charge in [0.2, 0.25) is 0 Å². The van der Waals surface area contributed by atoms with Crippen LogP contribution in [0.5, 0.6) is 5.75 Å². The molecule has 1 aliphatic heterocycles. The number of nitrogen functional groups attached to an aromatic ring is 1. The summed E-state index contributed by atoms with van der Waals surface area (Å²) < 4.78 is 19.1. The molecule has 0 atom stereocenters. The van der Waals surface area contributed by atoms with Crippen molar-refractivity contribution in [3.63, 3.8) is 0 Å². The minimum Gasteiger partial charge on any atom is -0.490 e. The number of halogens is 1. The van der Waals surface area contributed by atoms with Crippen molar-refractivity contribution in [2.75, 3.05) is 41.8 Å². The van der Waals surface area contributed by atoms with Gasteiger partial charge in [0.05, 0.1) is 18.0 Å². The summed E-state index contributed by atoms with van der Waals surface area (Å²) in [6, 6.07) is 3.10. The van der Waals surface area contributed by atoms with Crippen LogP contribution in [0.15, 0.2) is 12.1 Å². The molecule has 0 radical (unpaired) electrons. The van der Waals surface area contributed by atoms with Gasteiger partial charge in [0.25, 0.3) is 0 Å². The molecular weight excluding hydrogens is 251 g/mol. The Kier molecular flexibility index (Phi) is 4.58. The molecule has 18 heavy (non-hydrogen) atoms. The summed E-state index contributed by atoms with van der Waals surface area (Å²) in [6.45, 7) is 4.43. The highest BCUT2D eigenvalue weighted by molar-refractivity contribution is 7.99. The first-order valence-corrected chi connectivity index (χ1v) is 7.42. The fraction of sp³-hybridized carbons (Fsp3) is 0.538. The molecule has 2 N–H and O–H groups in total. The van der Waals surface area contributed by atoms with Gasteiger partial charge in [-0.2, -0.15) is 11.8 Å². The zero-order valence-electron chi connectivity index (χ0n) is 10.6. The predicted octanol–water partition coefficient (Wildman–Crippen LogP) is 2.75. The van der Waals surface area contributed by atoms with Gasteiger partial charge in [-0.15, -0.1) is 0 Å². The topological polar surface area (TPSA) is 38.5 Å². The van der Waals surface area contributed by atoms with E-state index in [-0.39, 0.29) is 5.82 Å². The van der Waals surface area contributed by atoms with Gasteiger partial charge < -0.3 is 15.4 Å². The molecular formula is C13H19FN2OS. The maximum absolute atomic E-state index is 13.7. The van der Waals surface area contributed by atoms with E-state index in [1.165, 1.54) is 6.07 Å². The largest absolute Gasteiger partial charge is 0.490 e. The Morgan fingerprint density at radius 3 is 2.78 bits per heavy atom. The van der Waals surface area contributed by atoms with Crippen LogP contribution in [0.3, 0.4) is 0 Å². The van der Waals surface area contributed by atoms with E-state index in [0.717, 1.165) is 36.7 Å². The second-order valence-corrected chi connectivity index (χ2v) is 5.51. The highest BCUT2D eigenvalue weighted by Crippen LogP contribution is 2.32. The lowest BCUT2D eigenvalue weighted by molar-refractivity contribution is 0.301. The van der Waals surface area contributed by atoms with Crippen LogP contribution >= 0.6 is 11.8 Å². The van der Waals surface area contributed by atoms with Crippen molar-refractivity contribution in [1.82, 2.24) is 0 Å². The Morgan fingerprint density at radius 1 is 1.39 bits per heavy atom. The highest BCUT2D eigenvalue weighted by Gasteiger charge is 2.17. The van der Waals surface area contributed by atoms with Gasteiger partial charge >= 0.3 is 0 Å². The first-order chi connectivity index (χ1) is 8.72. The molecule has 1 fully saturated rings. The molecule has 100 valence electrons. The van der Waals surface area contributed by atoms with E-state index in [9.17, 15) is 4.39 Å². The van der Waals surface area contributed by atoms with Crippen LogP contribution in [-0.2, 0) is 0 Å². The van der Waals surface area contributed by atoms with E-state index in [1.807, 2.05) is 18.7 Å². The van der Waals surface area contributed by atoms with Crippen molar-refractivity contribution in [2.24, 2.45) is 0 Å². The summed E-state index contributed by atoms with van der Waals surface area (Å²) in [5.41, 5.74) is 7.29. The van der Waals surface area contributed by atoms with E-state index in [2.05, 4.69) is 4.90 Å². The maximum Gasteiger partial charge on any atom is 0.167 e. The Labute approximate surface area is 111 Å². The number of nitrogens with two attached hydrogens (primary N) is 1. The van der Waals surface area contributed by atoms with Crippen molar-refractivity contribution in [3.8, 4) is 5.75 Å². The third kappa shape index (κ3) is 3.02. The van der Waals surface area contributed by atoms with Crippen LogP contribution in [0.25, 0.3) is 0 Å². The van der Waals surface area contributed by atoms with Gasteiger partial charge in [-0.1, -0.05) is 6.92 Å². The zero-order chi connectivity index (χ0) is 13.0. The normalized spacial score (nSPS) is 15.8. The molecule has 0 amide bonds. The number of ether oxygens (including phenoxy) is 1. The summed E-state index contributed by atoms with van der Waals surface area (Å²) in [5.74, 6) is 2.10. The van der Waals surface area contributed by atoms with Crippen molar-refractivity contribution in [2.45, 2.75) is 13.3 Å². The van der Waals surface area contributed by atoms with Crippen LogP contribution in [0.1, 0.15) is 13.3 Å². The van der Waals surface area contributed by atoms with E-state index in [0.29, 0.717) is 18.0 Å². The Morgan fingerprint density at radius 2 is 2.11 bits per heavy atom. The minimum absolute atomic E-state index is 0.305. The first kappa shape index (κ1) is 13.3. The monoisotopic (exact) mass is 270 g/mol. The van der Waals surface area contributed by atoms with Gasteiger partial charge in [-0.25, -0.2) is 4.39 Å². The summed E-state index contributed by atoms with van der Waals surface area (Å²) >= 11 is 1.93. The molecule has 1 aromatic carbocycles. The maximum atomic E-state index is 13.7. The lowest BCUT2D eigenvalue weighted by Gasteiger charge is -2.30. The first-order valence-electron chi connectivity index (χ1n) is 6.27. The Balaban J connectivity index is 2.22. The molecule has 0 saturated carbocycles. The fourth-order valence-corrected chi connectivity index (χ4v) is 2.86. The molecule has 0 spiro atoms.